The van der Waals surface area contributed by atoms with Gasteiger partial charge in [-0.1, -0.05) is 0 Å². The largest absolute Gasteiger partial charge is 0.347 e. The predicted octanol–water partition coefficient (Wildman–Crippen LogP) is 0.0503. The van der Waals surface area contributed by atoms with Crippen molar-refractivity contribution in [2.24, 2.45) is 0 Å². The molecule has 1 aliphatic heterocycles. The van der Waals surface area contributed by atoms with E-state index in [2.05, 4.69) is 37.1 Å². The summed E-state index contributed by atoms with van der Waals surface area (Å²) in [6.45, 7) is 1.48. The Balaban J connectivity index is 2.04. The molecule has 0 saturated carbocycles. The van der Waals surface area contributed by atoms with Crippen LogP contribution in [0.3, 0.4) is 0 Å². The van der Waals surface area contributed by atoms with E-state index in [1.54, 1.807) is 18.3 Å². The summed E-state index contributed by atoms with van der Waals surface area (Å²) in [5.41, 5.74) is 6.46. The van der Waals surface area contributed by atoms with Crippen LogP contribution in [0, 0.1) is 0 Å². The molecule has 0 unspecified atom stereocenters. The smallest absolute Gasteiger partial charge is 0.254 e. The molecule has 6 heteroatoms. The first-order chi connectivity index (χ1) is 7.27. The van der Waals surface area contributed by atoms with Gasteiger partial charge in [-0.25, -0.2) is 4.98 Å². The van der Waals surface area contributed by atoms with Crippen molar-refractivity contribution in [1.82, 2.24) is 21.2 Å². The fraction of sp³-hybridized carbons (Fsp3) is 0.333. The van der Waals surface area contributed by atoms with Gasteiger partial charge in [-0.15, -0.1) is 0 Å². The lowest BCUT2D eigenvalue weighted by molar-refractivity contribution is 0.0940. The Labute approximate surface area is 95.8 Å². The van der Waals surface area contributed by atoms with E-state index in [9.17, 15) is 4.79 Å². The summed E-state index contributed by atoms with van der Waals surface area (Å²) >= 11 is 3.24. The third kappa shape index (κ3) is 2.53. The molecule has 0 atom stereocenters. The molecule has 0 aromatic carbocycles. The number of rotatable bonds is 2. The first-order valence-corrected chi connectivity index (χ1v) is 5.44. The summed E-state index contributed by atoms with van der Waals surface area (Å²) in [5, 5.41) is 2.90. The van der Waals surface area contributed by atoms with Crippen LogP contribution in [0.1, 0.15) is 10.4 Å². The number of hydrazine groups is 1. The SMILES string of the molecule is O=C(NC1CNNC1)c1cccnc1Br. The summed E-state index contributed by atoms with van der Waals surface area (Å²) in [7, 11) is 0. The molecule has 2 heterocycles. The number of carbonyl (C=O) groups excluding carboxylic acids is 1. The molecule has 15 heavy (non-hydrogen) atoms. The first-order valence-electron chi connectivity index (χ1n) is 4.64. The third-order valence-corrected chi connectivity index (χ3v) is 2.79. The maximum absolute atomic E-state index is 11.8. The molecule has 1 aromatic rings. The van der Waals surface area contributed by atoms with Gasteiger partial charge in [0.05, 0.1) is 11.6 Å². The third-order valence-electron chi connectivity index (χ3n) is 2.16. The molecule has 1 amide bonds. The van der Waals surface area contributed by atoms with Crippen LogP contribution >= 0.6 is 15.9 Å². The highest BCUT2D eigenvalue weighted by atomic mass is 79.9. The van der Waals surface area contributed by atoms with Crippen molar-refractivity contribution < 1.29 is 4.79 Å². The van der Waals surface area contributed by atoms with E-state index in [-0.39, 0.29) is 11.9 Å². The highest BCUT2D eigenvalue weighted by Crippen LogP contribution is 2.12. The second-order valence-corrected chi connectivity index (χ2v) is 4.03. The first kappa shape index (κ1) is 10.5. The lowest BCUT2D eigenvalue weighted by atomic mass is 10.2. The van der Waals surface area contributed by atoms with E-state index in [1.807, 2.05) is 0 Å². The van der Waals surface area contributed by atoms with Crippen LogP contribution in [0.5, 0.6) is 0 Å². The normalized spacial score (nSPS) is 16.6. The molecule has 80 valence electrons. The molecule has 0 bridgehead atoms. The van der Waals surface area contributed by atoms with Crippen LogP contribution in [0.15, 0.2) is 22.9 Å². The van der Waals surface area contributed by atoms with E-state index >= 15 is 0 Å². The molecule has 1 saturated heterocycles. The van der Waals surface area contributed by atoms with Gasteiger partial charge in [-0.05, 0) is 28.1 Å². The number of halogens is 1. The predicted molar refractivity (Wildman–Crippen MR) is 59.2 cm³/mol. The van der Waals surface area contributed by atoms with E-state index in [0.717, 1.165) is 13.1 Å². The van der Waals surface area contributed by atoms with Crippen LogP contribution < -0.4 is 16.2 Å². The van der Waals surface area contributed by atoms with E-state index in [0.29, 0.717) is 10.2 Å². The van der Waals surface area contributed by atoms with Crippen molar-refractivity contribution in [2.45, 2.75) is 6.04 Å². The molecule has 0 radical (unpaired) electrons. The molecule has 0 aliphatic carbocycles. The Morgan fingerprint density at radius 2 is 2.27 bits per heavy atom. The lowest BCUT2D eigenvalue weighted by Crippen LogP contribution is -2.38. The average Bonchev–Trinajstić information content (AvgIpc) is 2.71. The lowest BCUT2D eigenvalue weighted by Gasteiger charge is -2.10. The molecule has 0 spiro atoms. The minimum atomic E-state index is -0.106. The minimum absolute atomic E-state index is 0.106. The quantitative estimate of drug-likeness (QED) is 0.665. The number of nitrogens with one attached hydrogen (secondary N) is 3. The minimum Gasteiger partial charge on any atom is -0.347 e. The number of aromatic nitrogens is 1. The molecule has 1 aliphatic rings. The standard InChI is InChI=1S/C9H11BrN4O/c10-8-7(2-1-3-11-8)9(15)14-6-4-12-13-5-6/h1-3,6,12-13H,4-5H2,(H,14,15). The van der Waals surface area contributed by atoms with Gasteiger partial charge in [-0.2, -0.15) is 0 Å². The van der Waals surface area contributed by atoms with Crippen LogP contribution in [0.25, 0.3) is 0 Å². The second-order valence-electron chi connectivity index (χ2n) is 3.27. The Kier molecular flexibility index (Phi) is 3.30. The van der Waals surface area contributed by atoms with Crippen molar-refractivity contribution in [1.29, 1.82) is 0 Å². The van der Waals surface area contributed by atoms with E-state index < -0.39 is 0 Å². The van der Waals surface area contributed by atoms with Crippen LogP contribution in [-0.4, -0.2) is 30.0 Å². The van der Waals surface area contributed by atoms with Crippen molar-refractivity contribution >= 4 is 21.8 Å². The monoisotopic (exact) mass is 270 g/mol. The van der Waals surface area contributed by atoms with Gasteiger partial charge in [0.1, 0.15) is 4.60 Å². The van der Waals surface area contributed by atoms with Gasteiger partial charge in [0.15, 0.2) is 0 Å². The molecule has 3 N–H and O–H groups in total. The number of carbonyl (C=O) groups is 1. The Morgan fingerprint density at radius 1 is 1.53 bits per heavy atom. The Morgan fingerprint density at radius 3 is 2.93 bits per heavy atom. The highest BCUT2D eigenvalue weighted by molar-refractivity contribution is 9.10. The Hall–Kier alpha value is -0.980. The highest BCUT2D eigenvalue weighted by Gasteiger charge is 2.18. The van der Waals surface area contributed by atoms with Crippen molar-refractivity contribution in [3.8, 4) is 0 Å². The Bertz CT molecular complexity index is 365. The van der Waals surface area contributed by atoms with Gasteiger partial charge in [0.25, 0.3) is 5.91 Å². The zero-order valence-corrected chi connectivity index (χ0v) is 9.54. The molecule has 1 aromatic heterocycles. The topological polar surface area (TPSA) is 66.1 Å². The van der Waals surface area contributed by atoms with Gasteiger partial charge >= 0.3 is 0 Å². The second kappa shape index (κ2) is 4.69. The van der Waals surface area contributed by atoms with Gasteiger partial charge in [0, 0.05) is 19.3 Å². The van der Waals surface area contributed by atoms with E-state index in [1.165, 1.54) is 0 Å². The summed E-state index contributed by atoms with van der Waals surface area (Å²) in [6, 6.07) is 3.61. The maximum atomic E-state index is 11.8. The molecular weight excluding hydrogens is 260 g/mol. The molecule has 1 fully saturated rings. The fourth-order valence-electron chi connectivity index (χ4n) is 1.38. The van der Waals surface area contributed by atoms with Crippen molar-refractivity contribution in [3.63, 3.8) is 0 Å². The summed E-state index contributed by atoms with van der Waals surface area (Å²) < 4.78 is 0.571. The number of hydrogen-bond donors (Lipinski definition) is 3. The molecular formula is C9H11BrN4O. The average molecular weight is 271 g/mol. The number of nitrogens with zero attached hydrogens (tertiary/aromatic N) is 1. The number of amides is 1. The summed E-state index contributed by atoms with van der Waals surface area (Å²) in [5.74, 6) is -0.106. The maximum Gasteiger partial charge on any atom is 0.254 e. The van der Waals surface area contributed by atoms with Crippen molar-refractivity contribution in [2.75, 3.05) is 13.1 Å². The van der Waals surface area contributed by atoms with Crippen LogP contribution in [0.4, 0.5) is 0 Å². The van der Waals surface area contributed by atoms with Gasteiger partial charge in [-0.3, -0.25) is 15.6 Å². The summed E-state index contributed by atoms with van der Waals surface area (Å²) in [6.07, 6.45) is 1.64. The zero-order valence-electron chi connectivity index (χ0n) is 7.96. The zero-order chi connectivity index (χ0) is 10.7. The van der Waals surface area contributed by atoms with E-state index in [4.69, 9.17) is 0 Å². The van der Waals surface area contributed by atoms with Crippen LogP contribution in [0.2, 0.25) is 0 Å². The summed E-state index contributed by atoms with van der Waals surface area (Å²) in [4.78, 5) is 15.8. The van der Waals surface area contributed by atoms with Crippen LogP contribution in [-0.2, 0) is 0 Å². The molecule has 2 rings (SSSR count). The number of hydrogen-bond acceptors (Lipinski definition) is 4. The van der Waals surface area contributed by atoms with Crippen molar-refractivity contribution in [3.05, 3.63) is 28.5 Å². The van der Waals surface area contributed by atoms with Gasteiger partial charge < -0.3 is 5.32 Å². The molecule has 5 nitrogen and oxygen atoms in total. The van der Waals surface area contributed by atoms with Gasteiger partial charge in [0.2, 0.25) is 0 Å². The fourth-order valence-corrected chi connectivity index (χ4v) is 1.81. The number of pyridine rings is 1.